The maximum atomic E-state index is 12.8. The van der Waals surface area contributed by atoms with Crippen LogP contribution in [0.15, 0.2) is 23.8 Å². The SMILES string of the molecule is CCOC(=O)c1c(NC(=O)/C(C#N)=C\c2ccc(OC(C)C)c(OC)c2)sc(C)c1C. The van der Waals surface area contributed by atoms with Gasteiger partial charge in [-0.25, -0.2) is 4.79 Å². The lowest BCUT2D eigenvalue weighted by atomic mass is 10.1. The van der Waals surface area contributed by atoms with Gasteiger partial charge in [0.05, 0.1) is 25.4 Å². The zero-order chi connectivity index (χ0) is 23.1. The topological polar surface area (TPSA) is 97.7 Å². The first-order chi connectivity index (χ1) is 14.7. The number of anilines is 1. The average molecular weight is 443 g/mol. The fourth-order valence-electron chi connectivity index (χ4n) is 2.78. The molecule has 1 amide bonds. The van der Waals surface area contributed by atoms with Gasteiger partial charge in [0.15, 0.2) is 11.5 Å². The van der Waals surface area contributed by atoms with Crippen LogP contribution in [-0.4, -0.2) is 31.7 Å². The molecule has 164 valence electrons. The van der Waals surface area contributed by atoms with Gasteiger partial charge in [-0.1, -0.05) is 6.07 Å². The van der Waals surface area contributed by atoms with Crippen molar-refractivity contribution >= 4 is 34.3 Å². The Hall–Kier alpha value is -3.31. The van der Waals surface area contributed by atoms with Crippen LogP contribution in [0, 0.1) is 25.2 Å². The number of esters is 1. The van der Waals surface area contributed by atoms with Crippen molar-refractivity contribution in [2.45, 2.75) is 40.7 Å². The molecule has 0 saturated carbocycles. The van der Waals surface area contributed by atoms with Gasteiger partial charge in [0, 0.05) is 4.88 Å². The number of carbonyl (C=O) groups is 2. The molecule has 0 spiro atoms. The summed E-state index contributed by atoms with van der Waals surface area (Å²) < 4.78 is 16.1. The summed E-state index contributed by atoms with van der Waals surface area (Å²) in [5.41, 5.74) is 1.54. The van der Waals surface area contributed by atoms with E-state index >= 15 is 0 Å². The highest BCUT2D eigenvalue weighted by molar-refractivity contribution is 7.16. The van der Waals surface area contributed by atoms with E-state index in [2.05, 4.69) is 5.32 Å². The number of nitrogens with zero attached hydrogens (tertiary/aromatic N) is 1. The Labute approximate surface area is 186 Å². The highest BCUT2D eigenvalue weighted by Gasteiger charge is 2.23. The number of carbonyl (C=O) groups excluding carboxylic acids is 2. The van der Waals surface area contributed by atoms with Crippen LogP contribution in [0.2, 0.25) is 0 Å². The molecule has 0 aliphatic carbocycles. The molecule has 0 aliphatic heterocycles. The van der Waals surface area contributed by atoms with E-state index in [9.17, 15) is 14.9 Å². The second-order valence-corrected chi connectivity index (χ2v) is 8.13. The summed E-state index contributed by atoms with van der Waals surface area (Å²) in [6, 6.07) is 7.06. The number of nitriles is 1. The molecule has 0 aliphatic rings. The predicted molar refractivity (Wildman–Crippen MR) is 121 cm³/mol. The standard InChI is InChI=1S/C23H26N2O5S/c1-7-29-23(27)20-14(4)15(5)31-22(20)25-21(26)17(12-24)10-16-8-9-18(30-13(2)3)19(11-16)28-6/h8-11,13H,7H2,1-6H3,(H,25,26)/b17-10-. The first kappa shape index (κ1) is 24.0. The third kappa shape index (κ3) is 5.86. The van der Waals surface area contributed by atoms with E-state index < -0.39 is 11.9 Å². The number of methoxy groups -OCH3 is 1. The highest BCUT2D eigenvalue weighted by Crippen LogP contribution is 2.34. The number of hydrogen-bond donors (Lipinski definition) is 1. The molecular formula is C23H26N2O5S. The van der Waals surface area contributed by atoms with Gasteiger partial charge >= 0.3 is 5.97 Å². The minimum absolute atomic E-state index is 0.0259. The van der Waals surface area contributed by atoms with E-state index in [0.29, 0.717) is 27.6 Å². The summed E-state index contributed by atoms with van der Waals surface area (Å²) in [6.45, 7) is 9.40. The average Bonchev–Trinajstić information content (AvgIpc) is 2.99. The molecular weight excluding hydrogens is 416 g/mol. The minimum atomic E-state index is -0.615. The molecule has 1 aromatic carbocycles. The van der Waals surface area contributed by atoms with Gasteiger partial charge in [0.25, 0.3) is 5.91 Å². The first-order valence-corrected chi connectivity index (χ1v) is 10.6. The third-order valence-electron chi connectivity index (χ3n) is 4.32. The van der Waals surface area contributed by atoms with E-state index in [4.69, 9.17) is 14.2 Å². The van der Waals surface area contributed by atoms with Crippen LogP contribution in [0.5, 0.6) is 11.5 Å². The van der Waals surface area contributed by atoms with Crippen LogP contribution in [0.3, 0.4) is 0 Å². The molecule has 1 aromatic heterocycles. The van der Waals surface area contributed by atoms with Crippen LogP contribution in [0.1, 0.15) is 47.1 Å². The molecule has 8 heteroatoms. The monoisotopic (exact) mass is 442 g/mol. The quantitative estimate of drug-likeness (QED) is 0.355. The molecule has 2 rings (SSSR count). The molecule has 0 radical (unpaired) electrons. The fraction of sp³-hybridized carbons (Fsp3) is 0.348. The first-order valence-electron chi connectivity index (χ1n) is 9.76. The Kier molecular flexibility index (Phi) is 8.22. The number of benzene rings is 1. The number of thiophene rings is 1. The van der Waals surface area contributed by atoms with Gasteiger partial charge in [0.2, 0.25) is 0 Å². The van der Waals surface area contributed by atoms with Crippen LogP contribution in [0.4, 0.5) is 5.00 Å². The molecule has 0 bridgehead atoms. The highest BCUT2D eigenvalue weighted by atomic mass is 32.1. The maximum absolute atomic E-state index is 12.8. The van der Waals surface area contributed by atoms with E-state index in [1.54, 1.807) is 32.0 Å². The molecule has 1 heterocycles. The minimum Gasteiger partial charge on any atom is -0.493 e. The molecule has 0 atom stereocenters. The Morgan fingerprint density at radius 3 is 2.55 bits per heavy atom. The number of nitrogens with one attached hydrogen (secondary N) is 1. The van der Waals surface area contributed by atoms with Gasteiger partial charge in [-0.3, -0.25) is 4.79 Å². The van der Waals surface area contributed by atoms with Crippen LogP contribution < -0.4 is 14.8 Å². The molecule has 0 saturated heterocycles. The summed E-state index contributed by atoms with van der Waals surface area (Å²) in [5.74, 6) is -0.0566. The number of aryl methyl sites for hydroxylation is 1. The van der Waals surface area contributed by atoms with Crippen molar-refractivity contribution in [3.8, 4) is 17.6 Å². The second-order valence-electron chi connectivity index (χ2n) is 6.91. The number of rotatable bonds is 8. The van der Waals surface area contributed by atoms with Crippen molar-refractivity contribution < 1.29 is 23.8 Å². The zero-order valence-corrected chi connectivity index (χ0v) is 19.3. The van der Waals surface area contributed by atoms with Gasteiger partial charge < -0.3 is 19.5 Å². The lowest BCUT2D eigenvalue weighted by Crippen LogP contribution is -2.16. The van der Waals surface area contributed by atoms with Crippen molar-refractivity contribution in [1.82, 2.24) is 0 Å². The normalized spacial score (nSPS) is 11.1. The smallest absolute Gasteiger partial charge is 0.341 e. The summed E-state index contributed by atoms with van der Waals surface area (Å²) >= 11 is 1.27. The van der Waals surface area contributed by atoms with Crippen LogP contribution in [-0.2, 0) is 9.53 Å². The van der Waals surface area contributed by atoms with E-state index in [1.807, 2.05) is 26.8 Å². The summed E-state index contributed by atoms with van der Waals surface area (Å²) in [6.07, 6.45) is 1.43. The van der Waals surface area contributed by atoms with Gasteiger partial charge in [-0.2, -0.15) is 5.26 Å². The van der Waals surface area contributed by atoms with Crippen molar-refractivity contribution in [2.24, 2.45) is 0 Å². The largest absolute Gasteiger partial charge is 0.493 e. The Bertz CT molecular complexity index is 1050. The Morgan fingerprint density at radius 2 is 1.97 bits per heavy atom. The molecule has 0 fully saturated rings. The molecule has 0 unspecified atom stereocenters. The second kappa shape index (κ2) is 10.6. The Balaban J connectivity index is 2.33. The summed E-state index contributed by atoms with van der Waals surface area (Å²) in [5, 5.41) is 12.6. The molecule has 1 N–H and O–H groups in total. The van der Waals surface area contributed by atoms with Gasteiger partial charge in [-0.05, 0) is 64.0 Å². The number of amides is 1. The molecule has 2 aromatic rings. The van der Waals surface area contributed by atoms with Gasteiger partial charge in [-0.15, -0.1) is 11.3 Å². The Morgan fingerprint density at radius 1 is 1.26 bits per heavy atom. The fourth-order valence-corrected chi connectivity index (χ4v) is 3.82. The maximum Gasteiger partial charge on any atom is 0.341 e. The summed E-state index contributed by atoms with van der Waals surface area (Å²) in [7, 11) is 1.52. The third-order valence-corrected chi connectivity index (χ3v) is 5.44. The number of hydrogen-bond acceptors (Lipinski definition) is 7. The van der Waals surface area contributed by atoms with Crippen molar-refractivity contribution in [2.75, 3.05) is 19.0 Å². The lowest BCUT2D eigenvalue weighted by molar-refractivity contribution is -0.112. The van der Waals surface area contributed by atoms with Crippen LogP contribution >= 0.6 is 11.3 Å². The summed E-state index contributed by atoms with van der Waals surface area (Å²) in [4.78, 5) is 26.0. The van der Waals surface area contributed by atoms with E-state index in [1.165, 1.54) is 24.5 Å². The van der Waals surface area contributed by atoms with E-state index in [-0.39, 0.29) is 18.3 Å². The molecule has 7 nitrogen and oxygen atoms in total. The van der Waals surface area contributed by atoms with Crippen molar-refractivity contribution in [1.29, 1.82) is 5.26 Å². The zero-order valence-electron chi connectivity index (χ0n) is 18.5. The lowest BCUT2D eigenvalue weighted by Gasteiger charge is -2.14. The van der Waals surface area contributed by atoms with Crippen molar-refractivity contribution in [3.05, 3.63) is 45.3 Å². The van der Waals surface area contributed by atoms with Gasteiger partial charge in [0.1, 0.15) is 16.6 Å². The van der Waals surface area contributed by atoms with E-state index in [0.717, 1.165) is 10.4 Å². The number of ether oxygens (including phenoxy) is 3. The van der Waals surface area contributed by atoms with Crippen molar-refractivity contribution in [3.63, 3.8) is 0 Å². The molecule has 31 heavy (non-hydrogen) atoms. The predicted octanol–water partition coefficient (Wildman–Crippen LogP) is 4.88. The van der Waals surface area contributed by atoms with Crippen LogP contribution in [0.25, 0.3) is 6.08 Å².